The summed E-state index contributed by atoms with van der Waals surface area (Å²) in [6.45, 7) is 2.42. The molecule has 2 aliphatic rings. The molecule has 0 radical (unpaired) electrons. The molecule has 0 N–H and O–H groups in total. The van der Waals surface area contributed by atoms with Crippen LogP contribution in [-0.4, -0.2) is 0 Å². The number of rotatable bonds is 4. The lowest BCUT2D eigenvalue weighted by Gasteiger charge is -2.31. The van der Waals surface area contributed by atoms with Crippen molar-refractivity contribution in [2.75, 3.05) is 0 Å². The minimum absolute atomic E-state index is 1.08. The van der Waals surface area contributed by atoms with E-state index in [1.807, 2.05) is 0 Å². The molecule has 2 saturated carbocycles. The molecule has 1 unspecified atom stereocenters. The summed E-state index contributed by atoms with van der Waals surface area (Å²) in [4.78, 5) is 0. The van der Waals surface area contributed by atoms with E-state index in [4.69, 9.17) is 0 Å². The molecular formula is C15H28. The van der Waals surface area contributed by atoms with Gasteiger partial charge in [-0.05, 0) is 24.2 Å². The maximum absolute atomic E-state index is 2.42. The zero-order chi connectivity index (χ0) is 10.5. The third-order valence-corrected chi connectivity index (χ3v) is 4.95. The average molecular weight is 208 g/mol. The molecule has 0 spiro atoms. The van der Waals surface area contributed by atoms with E-state index < -0.39 is 0 Å². The van der Waals surface area contributed by atoms with E-state index in [2.05, 4.69) is 6.92 Å². The number of hydrogen-bond acceptors (Lipinski definition) is 0. The highest BCUT2D eigenvalue weighted by Gasteiger charge is 2.26. The van der Waals surface area contributed by atoms with Crippen molar-refractivity contribution in [3.05, 3.63) is 0 Å². The van der Waals surface area contributed by atoms with E-state index in [-0.39, 0.29) is 0 Å². The van der Waals surface area contributed by atoms with Crippen LogP contribution in [-0.2, 0) is 0 Å². The first-order valence-electron chi connectivity index (χ1n) is 7.40. The van der Waals surface area contributed by atoms with E-state index in [1.54, 1.807) is 32.1 Å². The molecule has 0 bridgehead atoms. The van der Waals surface area contributed by atoms with Gasteiger partial charge in [-0.25, -0.2) is 0 Å². The SMILES string of the molecule is CCC(CC1CCCC1)C1CCCCC1. The van der Waals surface area contributed by atoms with Crippen molar-refractivity contribution in [1.82, 2.24) is 0 Å². The monoisotopic (exact) mass is 208 g/mol. The van der Waals surface area contributed by atoms with Gasteiger partial charge < -0.3 is 0 Å². The second-order valence-corrected chi connectivity index (χ2v) is 5.95. The third kappa shape index (κ3) is 3.23. The Morgan fingerprint density at radius 3 is 2.07 bits per heavy atom. The van der Waals surface area contributed by atoms with Gasteiger partial charge in [-0.15, -0.1) is 0 Å². The molecule has 0 amide bonds. The predicted octanol–water partition coefficient (Wildman–Crippen LogP) is 5.17. The summed E-state index contributed by atoms with van der Waals surface area (Å²) < 4.78 is 0. The lowest BCUT2D eigenvalue weighted by Crippen LogP contribution is -2.19. The van der Waals surface area contributed by atoms with Crippen molar-refractivity contribution in [2.24, 2.45) is 17.8 Å². The highest BCUT2D eigenvalue weighted by Crippen LogP contribution is 2.39. The fourth-order valence-electron chi connectivity index (χ4n) is 3.97. The predicted molar refractivity (Wildman–Crippen MR) is 66.9 cm³/mol. The second kappa shape index (κ2) is 5.92. The first-order valence-corrected chi connectivity index (χ1v) is 7.40. The molecule has 0 heterocycles. The van der Waals surface area contributed by atoms with Crippen LogP contribution in [0.5, 0.6) is 0 Å². The zero-order valence-corrected chi connectivity index (χ0v) is 10.5. The largest absolute Gasteiger partial charge is 0.0651 e. The molecule has 2 aliphatic carbocycles. The van der Waals surface area contributed by atoms with Crippen LogP contribution in [0.4, 0.5) is 0 Å². The van der Waals surface area contributed by atoms with Gasteiger partial charge >= 0.3 is 0 Å². The molecule has 0 aromatic rings. The molecule has 0 saturated heterocycles. The van der Waals surface area contributed by atoms with Crippen LogP contribution in [0, 0.1) is 17.8 Å². The molecule has 0 aromatic heterocycles. The van der Waals surface area contributed by atoms with Gasteiger partial charge in [0.25, 0.3) is 0 Å². The van der Waals surface area contributed by atoms with E-state index in [9.17, 15) is 0 Å². The van der Waals surface area contributed by atoms with E-state index in [1.165, 1.54) is 38.5 Å². The molecule has 0 heteroatoms. The molecule has 2 fully saturated rings. The fourth-order valence-corrected chi connectivity index (χ4v) is 3.97. The molecular weight excluding hydrogens is 180 g/mol. The maximum atomic E-state index is 2.42. The smallest absolute Gasteiger partial charge is 0.0386 e. The molecule has 0 aliphatic heterocycles. The van der Waals surface area contributed by atoms with Gasteiger partial charge in [-0.1, -0.05) is 71.1 Å². The summed E-state index contributed by atoms with van der Waals surface area (Å²) in [5.74, 6) is 3.29. The topological polar surface area (TPSA) is 0 Å². The lowest BCUT2D eigenvalue weighted by molar-refractivity contribution is 0.205. The molecule has 2 rings (SSSR count). The summed E-state index contributed by atoms with van der Waals surface area (Å²) in [6.07, 6.45) is 16.8. The Morgan fingerprint density at radius 1 is 0.867 bits per heavy atom. The Morgan fingerprint density at radius 2 is 1.47 bits per heavy atom. The van der Waals surface area contributed by atoms with Crippen LogP contribution >= 0.6 is 0 Å². The van der Waals surface area contributed by atoms with Gasteiger partial charge in [0.05, 0.1) is 0 Å². The maximum Gasteiger partial charge on any atom is -0.0386 e. The van der Waals surface area contributed by atoms with E-state index >= 15 is 0 Å². The standard InChI is InChI=1S/C15H28/c1-2-14(12-13-8-6-7-9-13)15-10-4-3-5-11-15/h13-15H,2-12H2,1H3. The van der Waals surface area contributed by atoms with Crippen molar-refractivity contribution in [1.29, 1.82) is 0 Å². The van der Waals surface area contributed by atoms with Crippen molar-refractivity contribution in [3.8, 4) is 0 Å². The second-order valence-electron chi connectivity index (χ2n) is 5.95. The Bertz CT molecular complexity index is 161. The van der Waals surface area contributed by atoms with E-state index in [0.29, 0.717) is 0 Å². The van der Waals surface area contributed by atoms with Crippen LogP contribution in [0.1, 0.15) is 77.6 Å². The Hall–Kier alpha value is 0. The molecule has 15 heavy (non-hydrogen) atoms. The summed E-state index contributed by atoms with van der Waals surface area (Å²) in [6, 6.07) is 0. The zero-order valence-electron chi connectivity index (χ0n) is 10.5. The highest BCUT2D eigenvalue weighted by atomic mass is 14.3. The average Bonchev–Trinajstić information content (AvgIpc) is 2.80. The highest BCUT2D eigenvalue weighted by molar-refractivity contribution is 4.78. The van der Waals surface area contributed by atoms with Crippen LogP contribution in [0.2, 0.25) is 0 Å². The fraction of sp³-hybridized carbons (Fsp3) is 1.00. The van der Waals surface area contributed by atoms with Crippen LogP contribution in [0.25, 0.3) is 0 Å². The molecule has 0 nitrogen and oxygen atoms in total. The van der Waals surface area contributed by atoms with Crippen molar-refractivity contribution in [2.45, 2.75) is 77.6 Å². The van der Waals surface area contributed by atoms with Gasteiger partial charge in [-0.2, -0.15) is 0 Å². The normalized spacial score (nSPS) is 27.0. The van der Waals surface area contributed by atoms with Gasteiger partial charge in [0.1, 0.15) is 0 Å². The first kappa shape index (κ1) is 11.5. The van der Waals surface area contributed by atoms with Gasteiger partial charge in [0.15, 0.2) is 0 Å². The third-order valence-electron chi connectivity index (χ3n) is 4.95. The summed E-state index contributed by atoms with van der Waals surface area (Å²) in [5, 5.41) is 0. The van der Waals surface area contributed by atoms with E-state index in [0.717, 1.165) is 17.8 Å². The number of hydrogen-bond donors (Lipinski definition) is 0. The van der Waals surface area contributed by atoms with Crippen LogP contribution in [0.15, 0.2) is 0 Å². The molecule has 88 valence electrons. The minimum atomic E-state index is 1.08. The Kier molecular flexibility index (Phi) is 4.53. The summed E-state index contributed by atoms with van der Waals surface area (Å²) in [7, 11) is 0. The Balaban J connectivity index is 1.79. The van der Waals surface area contributed by atoms with Crippen molar-refractivity contribution in [3.63, 3.8) is 0 Å². The van der Waals surface area contributed by atoms with Gasteiger partial charge in [-0.3, -0.25) is 0 Å². The van der Waals surface area contributed by atoms with Crippen molar-refractivity contribution < 1.29 is 0 Å². The van der Waals surface area contributed by atoms with Gasteiger partial charge in [0.2, 0.25) is 0 Å². The quantitative estimate of drug-likeness (QED) is 0.597. The molecule has 1 atom stereocenters. The van der Waals surface area contributed by atoms with Crippen LogP contribution < -0.4 is 0 Å². The first-order chi connectivity index (χ1) is 7.40. The summed E-state index contributed by atoms with van der Waals surface area (Å²) >= 11 is 0. The van der Waals surface area contributed by atoms with Crippen LogP contribution in [0.3, 0.4) is 0 Å². The molecule has 0 aromatic carbocycles. The summed E-state index contributed by atoms with van der Waals surface area (Å²) in [5.41, 5.74) is 0. The van der Waals surface area contributed by atoms with Gasteiger partial charge in [0, 0.05) is 0 Å². The minimum Gasteiger partial charge on any atom is -0.0651 e. The van der Waals surface area contributed by atoms with Crippen molar-refractivity contribution >= 4 is 0 Å². The Labute approximate surface area is 95.8 Å². The lowest BCUT2D eigenvalue weighted by atomic mass is 9.75.